The Morgan fingerprint density at radius 1 is 0.840 bits per heavy atom. The van der Waals surface area contributed by atoms with E-state index in [0.717, 1.165) is 5.69 Å². The number of hydrogen-bond donors (Lipinski definition) is 0. The molecule has 122 valence electrons. The van der Waals surface area contributed by atoms with Crippen molar-refractivity contribution in [2.75, 3.05) is 6.54 Å². The minimum Gasteiger partial charge on any atom is -0.343 e. The molecule has 4 aromatic rings. The second kappa shape index (κ2) is 6.78. The van der Waals surface area contributed by atoms with Gasteiger partial charge in [0.15, 0.2) is 0 Å². The predicted octanol–water partition coefficient (Wildman–Crippen LogP) is 5.46. The van der Waals surface area contributed by atoms with E-state index in [0.29, 0.717) is 6.54 Å². The molecule has 2 heteroatoms. The molecule has 0 radical (unpaired) electrons. The molecule has 2 nitrogen and oxygen atoms in total. The number of rotatable bonds is 4. The van der Waals surface area contributed by atoms with E-state index < -0.39 is 0 Å². The Balaban J connectivity index is 1.46. The molecule has 0 amide bonds. The second-order valence-corrected chi connectivity index (χ2v) is 6.19. The van der Waals surface area contributed by atoms with Crippen LogP contribution in [0.1, 0.15) is 11.3 Å². The first-order valence-electron chi connectivity index (χ1n) is 8.51. The molecule has 0 spiro atoms. The maximum Gasteiger partial charge on any atom is 0.0596 e. The molecule has 0 unspecified atom stereocenters. The van der Waals surface area contributed by atoms with Crippen LogP contribution in [0.15, 0.2) is 83.9 Å². The van der Waals surface area contributed by atoms with Gasteiger partial charge in [0.05, 0.1) is 12.2 Å². The number of aromatic nitrogens is 1. The van der Waals surface area contributed by atoms with E-state index in [-0.39, 0.29) is 0 Å². The van der Waals surface area contributed by atoms with E-state index in [1.165, 1.54) is 27.2 Å². The number of hydrogen-bond acceptors (Lipinski definition) is 1. The monoisotopic (exact) mass is 324 g/mol. The molecule has 4 rings (SSSR count). The summed E-state index contributed by atoms with van der Waals surface area (Å²) < 4.78 is 2.17. The van der Waals surface area contributed by atoms with E-state index in [2.05, 4.69) is 102 Å². The Labute approximate surface area is 147 Å². The minimum absolute atomic E-state index is 0.675. The Bertz CT molecular complexity index is 1080. The molecular formula is C23H20N2. The summed E-state index contributed by atoms with van der Waals surface area (Å²) in [5.74, 6) is 0. The number of aryl methyl sites for hydroxylation is 1. The largest absolute Gasteiger partial charge is 0.343 e. The van der Waals surface area contributed by atoms with Crippen LogP contribution in [0.2, 0.25) is 0 Å². The van der Waals surface area contributed by atoms with E-state index in [9.17, 15) is 0 Å². The fraction of sp³-hybridized carbons (Fsp3) is 0.0870. The zero-order valence-electron chi connectivity index (χ0n) is 14.3. The average Bonchev–Trinajstić information content (AvgIpc) is 2.97. The standard InChI is InChI=1S/C23H20N2/c1-25-22(16-21-10-4-5-11-23(21)25)17-24-14-6-7-18-12-13-19-8-2-3-9-20(19)15-18/h2-13,15-17H,14H2,1H3/b7-6+,24-17?. The fourth-order valence-electron chi connectivity index (χ4n) is 3.14. The second-order valence-electron chi connectivity index (χ2n) is 6.19. The molecule has 0 aliphatic rings. The summed E-state index contributed by atoms with van der Waals surface area (Å²) in [6, 6.07) is 25.5. The van der Waals surface area contributed by atoms with Gasteiger partial charge < -0.3 is 4.57 Å². The van der Waals surface area contributed by atoms with Gasteiger partial charge in [-0.1, -0.05) is 66.7 Å². The first-order chi connectivity index (χ1) is 12.3. The molecular weight excluding hydrogens is 304 g/mol. The summed E-state index contributed by atoms with van der Waals surface area (Å²) >= 11 is 0. The summed E-state index contributed by atoms with van der Waals surface area (Å²) in [5, 5.41) is 3.79. The molecule has 1 heterocycles. The van der Waals surface area contributed by atoms with Crippen LogP contribution in [0, 0.1) is 0 Å². The number of fused-ring (bicyclic) bond motifs is 2. The quantitative estimate of drug-likeness (QED) is 0.443. The summed E-state index contributed by atoms with van der Waals surface area (Å²) in [7, 11) is 2.08. The topological polar surface area (TPSA) is 17.3 Å². The highest BCUT2D eigenvalue weighted by molar-refractivity contribution is 5.90. The molecule has 0 fully saturated rings. The lowest BCUT2D eigenvalue weighted by atomic mass is 10.1. The molecule has 25 heavy (non-hydrogen) atoms. The Kier molecular flexibility index (Phi) is 4.17. The van der Waals surface area contributed by atoms with Gasteiger partial charge in [-0.2, -0.15) is 0 Å². The summed E-state index contributed by atoms with van der Waals surface area (Å²) in [6.45, 7) is 0.675. The molecule has 0 atom stereocenters. The van der Waals surface area contributed by atoms with Gasteiger partial charge in [-0.05, 0) is 34.5 Å². The number of nitrogens with zero attached hydrogens (tertiary/aromatic N) is 2. The van der Waals surface area contributed by atoms with E-state index >= 15 is 0 Å². The number of aliphatic imine (C=N–C) groups is 1. The van der Waals surface area contributed by atoms with Crippen LogP contribution in [0.3, 0.4) is 0 Å². The molecule has 3 aromatic carbocycles. The number of para-hydroxylation sites is 1. The lowest BCUT2D eigenvalue weighted by molar-refractivity contribution is 0.957. The van der Waals surface area contributed by atoms with Gasteiger partial charge in [0.25, 0.3) is 0 Å². The molecule has 0 bridgehead atoms. The van der Waals surface area contributed by atoms with Gasteiger partial charge in [-0.3, -0.25) is 4.99 Å². The van der Waals surface area contributed by atoms with Crippen molar-refractivity contribution in [1.29, 1.82) is 0 Å². The summed E-state index contributed by atoms with van der Waals surface area (Å²) in [5.41, 5.74) is 3.56. The molecule has 0 saturated carbocycles. The van der Waals surface area contributed by atoms with Gasteiger partial charge in [0, 0.05) is 24.2 Å². The van der Waals surface area contributed by atoms with Crippen LogP contribution >= 0.6 is 0 Å². The predicted molar refractivity (Wildman–Crippen MR) is 108 cm³/mol. The zero-order valence-corrected chi connectivity index (χ0v) is 14.3. The average molecular weight is 324 g/mol. The van der Waals surface area contributed by atoms with Crippen molar-refractivity contribution in [1.82, 2.24) is 4.57 Å². The number of benzene rings is 3. The molecule has 0 aliphatic heterocycles. The van der Waals surface area contributed by atoms with Gasteiger partial charge in [-0.15, -0.1) is 0 Å². The molecule has 0 aliphatic carbocycles. The van der Waals surface area contributed by atoms with Crippen LogP contribution in [-0.2, 0) is 7.05 Å². The van der Waals surface area contributed by atoms with Crippen molar-refractivity contribution in [2.24, 2.45) is 12.0 Å². The molecule has 1 aromatic heterocycles. The maximum atomic E-state index is 4.54. The van der Waals surface area contributed by atoms with Crippen molar-refractivity contribution < 1.29 is 0 Å². The highest BCUT2D eigenvalue weighted by Crippen LogP contribution is 2.17. The normalized spacial score (nSPS) is 12.0. The Morgan fingerprint density at radius 2 is 1.60 bits per heavy atom. The Morgan fingerprint density at radius 3 is 2.44 bits per heavy atom. The third kappa shape index (κ3) is 3.24. The minimum atomic E-state index is 0.675. The van der Waals surface area contributed by atoms with Crippen molar-refractivity contribution in [2.45, 2.75) is 0 Å². The van der Waals surface area contributed by atoms with Gasteiger partial charge in [0.2, 0.25) is 0 Å². The van der Waals surface area contributed by atoms with Crippen LogP contribution < -0.4 is 0 Å². The van der Waals surface area contributed by atoms with E-state index in [1.54, 1.807) is 0 Å². The van der Waals surface area contributed by atoms with Crippen molar-refractivity contribution in [3.8, 4) is 0 Å². The van der Waals surface area contributed by atoms with Crippen LogP contribution in [0.5, 0.6) is 0 Å². The maximum absolute atomic E-state index is 4.54. The fourth-order valence-corrected chi connectivity index (χ4v) is 3.14. The molecule has 0 N–H and O–H groups in total. The van der Waals surface area contributed by atoms with Crippen LogP contribution in [-0.4, -0.2) is 17.3 Å². The zero-order chi connectivity index (χ0) is 17.1. The summed E-state index contributed by atoms with van der Waals surface area (Å²) in [6.07, 6.45) is 6.18. The van der Waals surface area contributed by atoms with E-state index in [4.69, 9.17) is 0 Å². The van der Waals surface area contributed by atoms with Crippen LogP contribution in [0.25, 0.3) is 27.8 Å². The lowest BCUT2D eigenvalue weighted by Crippen LogP contribution is -1.94. The first-order valence-corrected chi connectivity index (χ1v) is 8.51. The third-order valence-corrected chi connectivity index (χ3v) is 4.51. The summed E-state index contributed by atoms with van der Waals surface area (Å²) in [4.78, 5) is 4.54. The highest BCUT2D eigenvalue weighted by Gasteiger charge is 2.01. The van der Waals surface area contributed by atoms with Crippen LogP contribution in [0.4, 0.5) is 0 Å². The smallest absolute Gasteiger partial charge is 0.0596 e. The van der Waals surface area contributed by atoms with Crippen molar-refractivity contribution >= 4 is 34.0 Å². The van der Waals surface area contributed by atoms with Crippen molar-refractivity contribution in [3.63, 3.8) is 0 Å². The third-order valence-electron chi connectivity index (χ3n) is 4.51. The van der Waals surface area contributed by atoms with Gasteiger partial charge >= 0.3 is 0 Å². The SMILES string of the molecule is Cn1c(C=NC/C=C/c2ccc3ccccc3c2)cc2ccccc21. The lowest BCUT2D eigenvalue weighted by Gasteiger charge is -1.99. The highest BCUT2D eigenvalue weighted by atomic mass is 15.0. The molecule has 0 saturated heterocycles. The first kappa shape index (κ1) is 15.4. The van der Waals surface area contributed by atoms with Gasteiger partial charge in [0.1, 0.15) is 0 Å². The van der Waals surface area contributed by atoms with E-state index in [1.807, 2.05) is 6.21 Å². The van der Waals surface area contributed by atoms with Gasteiger partial charge in [-0.25, -0.2) is 0 Å². The Hall–Kier alpha value is -3.13. The van der Waals surface area contributed by atoms with Crippen molar-refractivity contribution in [3.05, 3.63) is 90.1 Å².